The third kappa shape index (κ3) is 14.9. The van der Waals surface area contributed by atoms with Crippen LogP contribution in [0.25, 0.3) is 21.3 Å². The molecule has 80 heavy (non-hydrogen) atoms. The van der Waals surface area contributed by atoms with Crippen LogP contribution in [0.3, 0.4) is 0 Å². The summed E-state index contributed by atoms with van der Waals surface area (Å²) in [6.07, 6.45) is 15.0. The van der Waals surface area contributed by atoms with E-state index in [0.29, 0.717) is 75.3 Å². The van der Waals surface area contributed by atoms with Gasteiger partial charge in [0.1, 0.15) is 0 Å². The average molecular weight is 1250 g/mol. The Balaban J connectivity index is 0.000000181. The number of hydrogen-bond donors (Lipinski definition) is 2. The topological polar surface area (TPSA) is 238 Å². The molecule has 0 radical (unpaired) electrons. The molecule has 25 heteroatoms. The molecule has 4 fully saturated rings. The van der Waals surface area contributed by atoms with Gasteiger partial charge in [-0.3, -0.25) is 19.7 Å². The molecule has 0 bridgehead atoms. The smallest absolute Gasteiger partial charge is 0.466 e. The van der Waals surface area contributed by atoms with E-state index in [1.165, 1.54) is 11.3 Å². The van der Waals surface area contributed by atoms with E-state index >= 15 is 0 Å². The standard InChI is InChI=1S/C23H27BrN6O3S.C19H30BN3O4.C13H18BrN3O2/c1-4-25-21(32)29-22-28-17-11-14(10-16(24)18(17)34-22)15-12-26-20(27-13-15)30-8-6-23(3,7-9-30)19(31)33-5-2;1-7-25-15(24)19(6)8-10-23(11-9-19)16-21-12-14(13-22-16)20-26-17(2,3)18(4,5)27-20;1-3-19-11(18)13(2)4-6-17(7-5-13)12-15-8-10(14)9-16-12/h10-13H,4-9H2,1-3H3,(H2,25,28,29,32);12-13H,7-11H2,1-6H3;8-9H,3-7H2,1-2H3. The van der Waals surface area contributed by atoms with Gasteiger partial charge in [-0.2, -0.15) is 0 Å². The van der Waals surface area contributed by atoms with Crippen molar-refractivity contribution in [3.8, 4) is 11.1 Å². The number of urea groups is 1. The summed E-state index contributed by atoms with van der Waals surface area (Å²) in [6, 6.07) is 3.69. The third-order valence-electron chi connectivity index (χ3n) is 15.5. The van der Waals surface area contributed by atoms with Crippen molar-refractivity contribution >= 4 is 113 Å². The summed E-state index contributed by atoms with van der Waals surface area (Å²) in [5, 5.41) is 5.99. The van der Waals surface area contributed by atoms with Gasteiger partial charge in [-0.05, 0) is 164 Å². The Morgan fingerprint density at radius 3 is 1.36 bits per heavy atom. The number of nitrogens with one attached hydrogen (secondary N) is 2. The summed E-state index contributed by atoms with van der Waals surface area (Å²) in [5.41, 5.74) is 1.36. The number of benzene rings is 1. The number of anilines is 4. The van der Waals surface area contributed by atoms with Gasteiger partial charge in [0.15, 0.2) is 5.13 Å². The second-order valence-corrected chi connectivity index (χ2v) is 24.8. The highest BCUT2D eigenvalue weighted by Crippen LogP contribution is 2.40. The van der Waals surface area contributed by atoms with Crippen LogP contribution in [0.1, 0.15) is 115 Å². The maximum atomic E-state index is 12.3. The number of thiazole rings is 1. The highest BCUT2D eigenvalue weighted by atomic mass is 79.9. The van der Waals surface area contributed by atoms with Gasteiger partial charge in [0.05, 0.1) is 62.0 Å². The van der Waals surface area contributed by atoms with Crippen molar-refractivity contribution in [2.45, 2.75) is 126 Å². The van der Waals surface area contributed by atoms with Crippen molar-refractivity contribution in [3.63, 3.8) is 0 Å². The maximum Gasteiger partial charge on any atom is 0.498 e. The lowest BCUT2D eigenvalue weighted by molar-refractivity contribution is -0.156. The number of piperidine rings is 3. The Morgan fingerprint density at radius 1 is 0.588 bits per heavy atom. The molecule has 8 heterocycles. The molecule has 9 rings (SSSR count). The van der Waals surface area contributed by atoms with Gasteiger partial charge in [-0.15, -0.1) is 0 Å². The normalized spacial score (nSPS) is 18.7. The van der Waals surface area contributed by atoms with E-state index in [1.54, 1.807) is 37.2 Å². The molecule has 4 aliphatic rings. The summed E-state index contributed by atoms with van der Waals surface area (Å²) >= 11 is 8.35. The number of ether oxygens (including phenoxy) is 3. The molecule has 4 saturated heterocycles. The Kier molecular flexibility index (Phi) is 20.6. The van der Waals surface area contributed by atoms with Gasteiger partial charge < -0.3 is 43.5 Å². The molecule has 5 aromatic rings. The van der Waals surface area contributed by atoms with Crippen LogP contribution in [0.15, 0.2) is 58.3 Å². The van der Waals surface area contributed by atoms with E-state index < -0.39 is 17.9 Å². The minimum atomic E-state index is -0.461. The van der Waals surface area contributed by atoms with E-state index in [-0.39, 0.29) is 40.6 Å². The minimum Gasteiger partial charge on any atom is -0.466 e. The molecule has 2 N–H and O–H groups in total. The first-order valence-corrected chi connectivity index (χ1v) is 29.7. The van der Waals surface area contributed by atoms with E-state index in [9.17, 15) is 19.2 Å². The summed E-state index contributed by atoms with van der Waals surface area (Å²) in [4.78, 5) is 85.8. The highest BCUT2D eigenvalue weighted by molar-refractivity contribution is 9.11. The van der Waals surface area contributed by atoms with Crippen LogP contribution in [0.5, 0.6) is 0 Å². The van der Waals surface area contributed by atoms with Gasteiger partial charge in [0, 0.05) is 98.5 Å². The van der Waals surface area contributed by atoms with Gasteiger partial charge in [0.2, 0.25) is 17.8 Å². The first-order chi connectivity index (χ1) is 38.0. The van der Waals surface area contributed by atoms with Crippen LogP contribution in [0, 0.1) is 16.2 Å². The molecular weight excluding hydrogens is 1180 g/mol. The minimum absolute atomic E-state index is 0.0913. The molecule has 0 unspecified atom stereocenters. The number of hydrogen-bond acceptors (Lipinski definition) is 20. The van der Waals surface area contributed by atoms with E-state index in [2.05, 4.69) is 92.1 Å². The number of carbonyl (C=O) groups excluding carboxylic acids is 4. The zero-order valence-corrected chi connectivity index (χ0v) is 51.8. The van der Waals surface area contributed by atoms with Crippen molar-refractivity contribution in [2.75, 3.05) is 85.7 Å². The highest BCUT2D eigenvalue weighted by Gasteiger charge is 2.52. The van der Waals surface area contributed by atoms with Crippen LogP contribution in [0.4, 0.5) is 27.8 Å². The van der Waals surface area contributed by atoms with Gasteiger partial charge in [-0.25, -0.2) is 39.7 Å². The zero-order valence-electron chi connectivity index (χ0n) is 47.8. The molecular formula is C55H75BBr2N12O9S. The number of aromatic nitrogens is 7. The molecule has 0 saturated carbocycles. The van der Waals surface area contributed by atoms with Gasteiger partial charge in [0.25, 0.3) is 0 Å². The van der Waals surface area contributed by atoms with Crippen LogP contribution in [-0.4, -0.2) is 143 Å². The summed E-state index contributed by atoms with van der Waals surface area (Å²) in [5.74, 6) is 1.71. The predicted octanol–water partition coefficient (Wildman–Crippen LogP) is 9.18. The molecule has 0 atom stereocenters. The van der Waals surface area contributed by atoms with Crippen molar-refractivity contribution < 1.29 is 42.7 Å². The van der Waals surface area contributed by atoms with Gasteiger partial charge >= 0.3 is 31.1 Å². The fourth-order valence-corrected chi connectivity index (χ4v) is 11.1. The number of rotatable bonds is 13. The first-order valence-electron chi connectivity index (χ1n) is 27.3. The van der Waals surface area contributed by atoms with Crippen LogP contribution in [-0.2, 0) is 37.9 Å². The number of fused-ring (bicyclic) bond motifs is 1. The number of carbonyl (C=O) groups is 4. The van der Waals surface area contributed by atoms with Crippen molar-refractivity contribution in [1.29, 1.82) is 0 Å². The number of amides is 2. The summed E-state index contributed by atoms with van der Waals surface area (Å²) < 4.78 is 30.4. The fourth-order valence-electron chi connectivity index (χ4n) is 9.34. The molecule has 2 amide bonds. The van der Waals surface area contributed by atoms with Crippen molar-refractivity contribution in [1.82, 2.24) is 40.2 Å². The Bertz CT molecular complexity index is 2900. The molecule has 21 nitrogen and oxygen atoms in total. The van der Waals surface area contributed by atoms with Crippen LogP contribution >= 0.6 is 43.2 Å². The van der Waals surface area contributed by atoms with Crippen LogP contribution in [0.2, 0.25) is 0 Å². The first kappa shape index (κ1) is 62.0. The lowest BCUT2D eigenvalue weighted by atomic mass is 9.80. The van der Waals surface area contributed by atoms with Crippen molar-refractivity contribution in [2.24, 2.45) is 16.2 Å². The lowest BCUT2D eigenvalue weighted by Gasteiger charge is -2.37. The monoisotopic (exact) mass is 1250 g/mol. The molecule has 432 valence electrons. The Hall–Kier alpha value is -5.63. The number of esters is 3. The summed E-state index contributed by atoms with van der Waals surface area (Å²) in [6.45, 7) is 27.6. The largest absolute Gasteiger partial charge is 0.498 e. The fraction of sp³-hybridized carbons (Fsp3) is 0.582. The predicted molar refractivity (Wildman–Crippen MR) is 317 cm³/mol. The number of halogens is 2. The SMILES string of the molecule is CCNC(=O)Nc1nc2cc(-c3cnc(N4CCC(C)(C(=O)OCC)CC4)nc3)cc(Br)c2s1.CCOC(=O)C1(C)CCN(c2ncc(B3OC(C)(C)C(C)(C)O3)cn2)CC1.CCOC(=O)C1(C)CCN(c2ncc(Br)cn2)CC1. The molecule has 4 aliphatic heterocycles. The third-order valence-corrected chi connectivity index (χ3v) is 17.8. The molecule has 0 aliphatic carbocycles. The number of nitrogens with zero attached hydrogens (tertiary/aromatic N) is 10. The zero-order chi connectivity index (χ0) is 58.0. The summed E-state index contributed by atoms with van der Waals surface area (Å²) in [7, 11) is -0.461. The van der Waals surface area contributed by atoms with Gasteiger partial charge in [-0.1, -0.05) is 11.3 Å². The lowest BCUT2D eigenvalue weighted by Crippen LogP contribution is -2.44. The quantitative estimate of drug-likeness (QED) is 0.0634. The Labute approximate surface area is 490 Å². The molecule has 4 aromatic heterocycles. The maximum absolute atomic E-state index is 12.3. The second kappa shape index (κ2) is 26.5. The van der Waals surface area contributed by atoms with Crippen molar-refractivity contribution in [3.05, 3.63) is 58.3 Å². The second-order valence-electron chi connectivity index (χ2n) is 22.0. The van der Waals surface area contributed by atoms with E-state index in [1.807, 2.05) is 88.3 Å². The average Bonchev–Trinajstić information content (AvgIpc) is 4.00. The van der Waals surface area contributed by atoms with E-state index in [4.69, 9.17) is 23.5 Å². The molecule has 1 aromatic carbocycles. The van der Waals surface area contributed by atoms with E-state index in [0.717, 1.165) is 87.6 Å². The van der Waals surface area contributed by atoms with Crippen LogP contribution < -0.4 is 30.8 Å². The molecule has 0 spiro atoms. The Morgan fingerprint density at radius 2 is 0.975 bits per heavy atom.